The SMILES string of the molecule is N#CC1(Nc2nc(Cl)ncc2N)CCCOCC1. The molecule has 6 nitrogen and oxygen atoms in total. The van der Waals surface area contributed by atoms with Crippen LogP contribution in [0.3, 0.4) is 0 Å². The number of aromatic nitrogens is 2. The third-order valence-corrected chi connectivity index (χ3v) is 3.11. The quantitative estimate of drug-likeness (QED) is 0.790. The Labute approximate surface area is 110 Å². The van der Waals surface area contributed by atoms with Crippen LogP contribution in [0, 0.1) is 11.3 Å². The largest absolute Gasteiger partial charge is 0.394 e. The fourth-order valence-corrected chi connectivity index (χ4v) is 2.04. The molecule has 2 rings (SSSR count). The number of nitrogen functional groups attached to an aromatic ring is 1. The molecule has 0 radical (unpaired) electrons. The number of nitrogens with two attached hydrogens (primary N) is 1. The van der Waals surface area contributed by atoms with Gasteiger partial charge < -0.3 is 15.8 Å². The van der Waals surface area contributed by atoms with Crippen molar-refractivity contribution in [3.05, 3.63) is 11.5 Å². The van der Waals surface area contributed by atoms with Gasteiger partial charge in [-0.25, -0.2) is 4.98 Å². The number of anilines is 2. The van der Waals surface area contributed by atoms with Crippen molar-refractivity contribution in [3.63, 3.8) is 0 Å². The van der Waals surface area contributed by atoms with Crippen LogP contribution in [0.5, 0.6) is 0 Å². The highest BCUT2D eigenvalue weighted by atomic mass is 35.5. The second-order valence-electron chi connectivity index (χ2n) is 4.23. The molecule has 18 heavy (non-hydrogen) atoms. The van der Waals surface area contributed by atoms with Crippen molar-refractivity contribution >= 4 is 23.1 Å². The molecular formula is C11H14ClN5O. The van der Waals surface area contributed by atoms with E-state index in [2.05, 4.69) is 21.4 Å². The Kier molecular flexibility index (Phi) is 3.84. The first kappa shape index (κ1) is 12.9. The lowest BCUT2D eigenvalue weighted by Gasteiger charge is -2.26. The molecule has 0 spiro atoms. The maximum Gasteiger partial charge on any atom is 0.224 e. The molecule has 0 aromatic carbocycles. The van der Waals surface area contributed by atoms with Crippen LogP contribution in [0.25, 0.3) is 0 Å². The van der Waals surface area contributed by atoms with Gasteiger partial charge in [-0.1, -0.05) is 0 Å². The molecular weight excluding hydrogens is 254 g/mol. The monoisotopic (exact) mass is 267 g/mol. The van der Waals surface area contributed by atoms with Gasteiger partial charge in [0, 0.05) is 19.6 Å². The molecule has 1 atom stereocenters. The number of halogens is 1. The minimum absolute atomic E-state index is 0.102. The molecule has 96 valence electrons. The van der Waals surface area contributed by atoms with Crippen LogP contribution in [0.1, 0.15) is 19.3 Å². The van der Waals surface area contributed by atoms with Gasteiger partial charge in [-0.15, -0.1) is 0 Å². The van der Waals surface area contributed by atoms with Crippen LogP contribution in [0.15, 0.2) is 6.20 Å². The zero-order chi connectivity index (χ0) is 13.0. The second kappa shape index (κ2) is 5.38. The van der Waals surface area contributed by atoms with Crippen molar-refractivity contribution in [2.45, 2.75) is 24.8 Å². The molecule has 1 aromatic heterocycles. The van der Waals surface area contributed by atoms with E-state index < -0.39 is 5.54 Å². The average molecular weight is 268 g/mol. The highest BCUT2D eigenvalue weighted by molar-refractivity contribution is 6.28. The third-order valence-electron chi connectivity index (χ3n) is 2.92. The van der Waals surface area contributed by atoms with E-state index in [9.17, 15) is 5.26 Å². The van der Waals surface area contributed by atoms with E-state index in [1.54, 1.807) is 0 Å². The zero-order valence-electron chi connectivity index (χ0n) is 9.82. The first-order chi connectivity index (χ1) is 8.65. The van der Waals surface area contributed by atoms with Crippen molar-refractivity contribution in [3.8, 4) is 6.07 Å². The Morgan fingerprint density at radius 2 is 2.33 bits per heavy atom. The lowest BCUT2D eigenvalue weighted by Crippen LogP contribution is -2.37. The topological polar surface area (TPSA) is 96.9 Å². The molecule has 0 saturated carbocycles. The molecule has 0 amide bonds. The Bertz CT molecular complexity index is 465. The molecule has 1 unspecified atom stereocenters. The van der Waals surface area contributed by atoms with Gasteiger partial charge in [-0.3, -0.25) is 0 Å². The lowest BCUT2D eigenvalue weighted by molar-refractivity contribution is 0.142. The Hall–Kier alpha value is -1.58. The number of ether oxygens (including phenoxy) is 1. The van der Waals surface area contributed by atoms with E-state index in [1.165, 1.54) is 6.20 Å². The lowest BCUT2D eigenvalue weighted by atomic mass is 9.92. The Morgan fingerprint density at radius 3 is 3.11 bits per heavy atom. The van der Waals surface area contributed by atoms with E-state index in [1.807, 2.05) is 0 Å². The number of nitrogens with one attached hydrogen (secondary N) is 1. The summed E-state index contributed by atoms with van der Waals surface area (Å²) in [7, 11) is 0. The maximum atomic E-state index is 9.40. The van der Waals surface area contributed by atoms with E-state index in [4.69, 9.17) is 22.1 Å². The Balaban J connectivity index is 2.24. The molecule has 7 heteroatoms. The summed E-state index contributed by atoms with van der Waals surface area (Å²) in [4.78, 5) is 7.80. The molecule has 3 N–H and O–H groups in total. The fraction of sp³-hybridized carbons (Fsp3) is 0.545. The summed E-state index contributed by atoms with van der Waals surface area (Å²) in [5.74, 6) is 0.401. The summed E-state index contributed by atoms with van der Waals surface area (Å²) in [5.41, 5.74) is 5.44. The van der Waals surface area contributed by atoms with Gasteiger partial charge in [-0.2, -0.15) is 10.2 Å². The summed E-state index contributed by atoms with van der Waals surface area (Å²) >= 11 is 5.73. The molecule has 2 heterocycles. The zero-order valence-corrected chi connectivity index (χ0v) is 10.6. The number of hydrogen-bond donors (Lipinski definition) is 2. The second-order valence-corrected chi connectivity index (χ2v) is 4.57. The van der Waals surface area contributed by atoms with Crippen LogP contribution >= 0.6 is 11.6 Å². The number of hydrogen-bond acceptors (Lipinski definition) is 6. The van der Waals surface area contributed by atoms with Crippen LogP contribution in [0.4, 0.5) is 11.5 Å². The number of nitriles is 1. The predicted octanol–water partition coefficient (Wildman–Crippen LogP) is 1.59. The third kappa shape index (κ3) is 2.81. The predicted molar refractivity (Wildman–Crippen MR) is 68.1 cm³/mol. The highest BCUT2D eigenvalue weighted by Crippen LogP contribution is 2.27. The van der Waals surface area contributed by atoms with Gasteiger partial charge in [0.1, 0.15) is 5.54 Å². The molecule has 0 aliphatic carbocycles. The fourth-order valence-electron chi connectivity index (χ4n) is 1.91. The summed E-state index contributed by atoms with van der Waals surface area (Å²) in [6.07, 6.45) is 3.52. The minimum atomic E-state index is -0.706. The number of rotatable bonds is 2. The van der Waals surface area contributed by atoms with Crippen molar-refractivity contribution in [2.24, 2.45) is 0 Å². The van der Waals surface area contributed by atoms with E-state index in [0.29, 0.717) is 37.6 Å². The normalized spacial score (nSPS) is 24.0. The summed E-state index contributed by atoms with van der Waals surface area (Å²) in [6.45, 7) is 1.21. The van der Waals surface area contributed by atoms with Gasteiger partial charge in [0.05, 0.1) is 18.0 Å². The van der Waals surface area contributed by atoms with Gasteiger partial charge in [-0.05, 0) is 24.4 Å². The van der Waals surface area contributed by atoms with Crippen LogP contribution < -0.4 is 11.1 Å². The molecule has 1 aliphatic rings. The van der Waals surface area contributed by atoms with Crippen molar-refractivity contribution in [1.82, 2.24) is 9.97 Å². The highest BCUT2D eigenvalue weighted by Gasteiger charge is 2.32. The van der Waals surface area contributed by atoms with Crippen molar-refractivity contribution in [2.75, 3.05) is 24.3 Å². The summed E-state index contributed by atoms with van der Waals surface area (Å²) < 4.78 is 5.36. The van der Waals surface area contributed by atoms with Gasteiger partial charge >= 0.3 is 0 Å². The molecule has 1 aromatic rings. The van der Waals surface area contributed by atoms with Crippen molar-refractivity contribution < 1.29 is 4.74 Å². The van der Waals surface area contributed by atoms with Gasteiger partial charge in [0.2, 0.25) is 5.28 Å². The van der Waals surface area contributed by atoms with E-state index in [-0.39, 0.29) is 5.28 Å². The van der Waals surface area contributed by atoms with Gasteiger partial charge in [0.15, 0.2) is 5.82 Å². The number of nitrogens with zero attached hydrogens (tertiary/aromatic N) is 3. The van der Waals surface area contributed by atoms with Crippen LogP contribution in [-0.4, -0.2) is 28.7 Å². The standard InChI is InChI=1S/C11H14ClN5O/c12-10-15-6-8(14)9(16-10)17-11(7-13)2-1-4-18-5-3-11/h6H,1-5,14H2,(H,15,16,17). The average Bonchev–Trinajstić information content (AvgIpc) is 2.60. The molecule has 1 aliphatic heterocycles. The first-order valence-corrected chi connectivity index (χ1v) is 6.08. The smallest absolute Gasteiger partial charge is 0.224 e. The first-order valence-electron chi connectivity index (χ1n) is 5.70. The molecule has 1 fully saturated rings. The van der Waals surface area contributed by atoms with Crippen molar-refractivity contribution in [1.29, 1.82) is 5.26 Å². The minimum Gasteiger partial charge on any atom is -0.394 e. The van der Waals surface area contributed by atoms with Crippen LogP contribution in [0.2, 0.25) is 5.28 Å². The van der Waals surface area contributed by atoms with Gasteiger partial charge in [0.25, 0.3) is 0 Å². The summed E-state index contributed by atoms with van der Waals surface area (Å²) in [5, 5.41) is 12.6. The van der Waals surface area contributed by atoms with E-state index >= 15 is 0 Å². The van der Waals surface area contributed by atoms with E-state index in [0.717, 1.165) is 6.42 Å². The van der Waals surface area contributed by atoms with Crippen LogP contribution in [-0.2, 0) is 4.74 Å². The Morgan fingerprint density at radius 1 is 1.50 bits per heavy atom. The summed E-state index contributed by atoms with van der Waals surface area (Å²) in [6, 6.07) is 2.30. The maximum absolute atomic E-state index is 9.40. The molecule has 1 saturated heterocycles. The molecule has 0 bridgehead atoms.